The van der Waals surface area contributed by atoms with E-state index in [9.17, 15) is 4.79 Å². The van der Waals surface area contributed by atoms with Crippen LogP contribution in [0.25, 0.3) is 0 Å². The van der Waals surface area contributed by atoms with Gasteiger partial charge in [0, 0.05) is 16.2 Å². The number of carbonyl (C=O) groups excluding carboxylic acids is 1. The Morgan fingerprint density at radius 1 is 1.14 bits per heavy atom. The van der Waals surface area contributed by atoms with E-state index >= 15 is 0 Å². The third kappa shape index (κ3) is 5.27. The predicted molar refractivity (Wildman–Crippen MR) is 89.8 cm³/mol. The van der Waals surface area contributed by atoms with Gasteiger partial charge in [0.15, 0.2) is 0 Å². The summed E-state index contributed by atoms with van der Waals surface area (Å²) in [6, 6.07) is 8.82. The Balaban J connectivity index is 1.84. The van der Waals surface area contributed by atoms with Gasteiger partial charge in [-0.1, -0.05) is 38.8 Å². The molecule has 1 aromatic rings. The summed E-state index contributed by atoms with van der Waals surface area (Å²) in [5, 5.41) is 6.68. The lowest BCUT2D eigenvalue weighted by atomic mass is 10.1. The number of amides is 2. The molecule has 116 valence electrons. The van der Waals surface area contributed by atoms with Crippen LogP contribution in [0.1, 0.15) is 58.1 Å². The molecule has 2 N–H and O–H groups in total. The molecule has 1 aliphatic rings. The highest BCUT2D eigenvalue weighted by molar-refractivity contribution is 7.99. The van der Waals surface area contributed by atoms with E-state index in [1.165, 1.54) is 17.7 Å². The maximum absolute atomic E-state index is 12.0. The van der Waals surface area contributed by atoms with Gasteiger partial charge in [-0.3, -0.25) is 0 Å². The standard InChI is InChI=1S/C17H26N2OS/c1-12(2)21-16-10-8-14(9-11-16)13(3)18-17(20)19-15-6-4-5-7-15/h8-13,15H,4-7H2,1-3H3,(H2,18,19,20). The molecule has 1 aliphatic carbocycles. The molecule has 0 aromatic heterocycles. The molecule has 4 heteroatoms. The predicted octanol–water partition coefficient (Wildman–Crippen LogP) is 4.49. The molecular weight excluding hydrogens is 280 g/mol. The van der Waals surface area contributed by atoms with Crippen LogP contribution < -0.4 is 10.6 Å². The minimum atomic E-state index is -0.0463. The lowest BCUT2D eigenvalue weighted by molar-refractivity contribution is 0.234. The van der Waals surface area contributed by atoms with Gasteiger partial charge < -0.3 is 10.6 Å². The van der Waals surface area contributed by atoms with Crippen LogP contribution in [0.15, 0.2) is 29.2 Å². The zero-order chi connectivity index (χ0) is 15.2. The van der Waals surface area contributed by atoms with Crippen molar-refractivity contribution >= 4 is 17.8 Å². The Labute approximate surface area is 132 Å². The number of rotatable bonds is 5. The maximum atomic E-state index is 12.0. The molecule has 2 rings (SSSR count). The molecule has 1 aromatic carbocycles. The summed E-state index contributed by atoms with van der Waals surface area (Å²) >= 11 is 1.85. The number of carbonyl (C=O) groups is 1. The summed E-state index contributed by atoms with van der Waals surface area (Å²) in [4.78, 5) is 13.2. The molecule has 0 aliphatic heterocycles. The second-order valence-electron chi connectivity index (χ2n) is 6.06. The Morgan fingerprint density at radius 3 is 2.33 bits per heavy atom. The Hall–Kier alpha value is -1.16. The lowest BCUT2D eigenvalue weighted by Gasteiger charge is -2.18. The van der Waals surface area contributed by atoms with Gasteiger partial charge in [-0.05, 0) is 37.5 Å². The van der Waals surface area contributed by atoms with Crippen LogP contribution in [0.5, 0.6) is 0 Å². The highest BCUT2D eigenvalue weighted by atomic mass is 32.2. The van der Waals surface area contributed by atoms with Gasteiger partial charge in [0.25, 0.3) is 0 Å². The fourth-order valence-electron chi connectivity index (χ4n) is 2.68. The quantitative estimate of drug-likeness (QED) is 0.787. The first-order valence-electron chi connectivity index (χ1n) is 7.88. The van der Waals surface area contributed by atoms with Gasteiger partial charge in [0.1, 0.15) is 0 Å². The third-order valence-corrected chi connectivity index (χ3v) is 4.81. The highest BCUT2D eigenvalue weighted by Gasteiger charge is 2.18. The Bertz CT molecular complexity index is 452. The van der Waals surface area contributed by atoms with Crippen molar-refractivity contribution in [1.29, 1.82) is 0 Å². The molecule has 0 bridgehead atoms. The number of thioether (sulfide) groups is 1. The number of hydrogen-bond donors (Lipinski definition) is 2. The molecule has 1 unspecified atom stereocenters. The van der Waals surface area contributed by atoms with Gasteiger partial charge in [0.2, 0.25) is 0 Å². The fourth-order valence-corrected chi connectivity index (χ4v) is 3.52. The van der Waals surface area contributed by atoms with E-state index < -0.39 is 0 Å². The van der Waals surface area contributed by atoms with Crippen molar-refractivity contribution < 1.29 is 4.79 Å². The van der Waals surface area contributed by atoms with Gasteiger partial charge in [-0.2, -0.15) is 0 Å². The molecule has 0 spiro atoms. The van der Waals surface area contributed by atoms with Crippen molar-refractivity contribution in [2.24, 2.45) is 0 Å². The van der Waals surface area contributed by atoms with Crippen LogP contribution in [0.3, 0.4) is 0 Å². The first-order chi connectivity index (χ1) is 10.0. The summed E-state index contributed by atoms with van der Waals surface area (Å²) in [5.74, 6) is 0. The van der Waals surface area contributed by atoms with Gasteiger partial charge in [-0.25, -0.2) is 4.79 Å². The minimum Gasteiger partial charge on any atom is -0.335 e. The summed E-state index contributed by atoms with van der Waals surface area (Å²) in [6.07, 6.45) is 4.69. The van der Waals surface area contributed by atoms with E-state index in [1.54, 1.807) is 0 Å². The SMILES string of the molecule is CC(C)Sc1ccc(C(C)NC(=O)NC2CCCC2)cc1. The monoisotopic (exact) mass is 306 g/mol. The van der Waals surface area contributed by atoms with E-state index in [1.807, 2.05) is 18.7 Å². The normalized spacial score (nSPS) is 17.0. The molecular formula is C17H26N2OS. The molecule has 2 amide bonds. The van der Waals surface area contributed by atoms with Crippen LogP contribution in [-0.4, -0.2) is 17.3 Å². The van der Waals surface area contributed by atoms with E-state index in [2.05, 4.69) is 48.7 Å². The zero-order valence-corrected chi connectivity index (χ0v) is 14.0. The zero-order valence-electron chi connectivity index (χ0n) is 13.2. The summed E-state index contributed by atoms with van der Waals surface area (Å²) in [6.45, 7) is 6.41. The molecule has 21 heavy (non-hydrogen) atoms. The van der Waals surface area contributed by atoms with Gasteiger partial charge in [-0.15, -0.1) is 11.8 Å². The number of nitrogens with one attached hydrogen (secondary N) is 2. The Morgan fingerprint density at radius 2 is 1.76 bits per heavy atom. The minimum absolute atomic E-state index is 0.0319. The van der Waals surface area contributed by atoms with Gasteiger partial charge in [0.05, 0.1) is 6.04 Å². The average molecular weight is 306 g/mol. The molecule has 3 nitrogen and oxygen atoms in total. The van der Waals surface area contributed by atoms with Gasteiger partial charge >= 0.3 is 6.03 Å². The number of benzene rings is 1. The molecule has 0 saturated heterocycles. The highest BCUT2D eigenvalue weighted by Crippen LogP contribution is 2.24. The number of urea groups is 1. The molecule has 1 fully saturated rings. The second-order valence-corrected chi connectivity index (χ2v) is 7.71. The molecule has 1 atom stereocenters. The second kappa shape index (κ2) is 7.74. The first kappa shape index (κ1) is 16.2. The maximum Gasteiger partial charge on any atom is 0.315 e. The van der Waals surface area contributed by atoms with Crippen molar-refractivity contribution in [3.05, 3.63) is 29.8 Å². The van der Waals surface area contributed by atoms with E-state index in [0.717, 1.165) is 18.4 Å². The van der Waals surface area contributed by atoms with E-state index in [-0.39, 0.29) is 12.1 Å². The smallest absolute Gasteiger partial charge is 0.315 e. The third-order valence-electron chi connectivity index (χ3n) is 3.79. The summed E-state index contributed by atoms with van der Waals surface area (Å²) in [5.41, 5.74) is 1.14. The molecule has 0 radical (unpaired) electrons. The van der Waals surface area contributed by atoms with E-state index in [4.69, 9.17) is 0 Å². The first-order valence-corrected chi connectivity index (χ1v) is 8.76. The fraction of sp³-hybridized carbons (Fsp3) is 0.588. The van der Waals surface area contributed by atoms with Crippen molar-refractivity contribution in [3.8, 4) is 0 Å². The van der Waals surface area contributed by atoms with Crippen LogP contribution >= 0.6 is 11.8 Å². The van der Waals surface area contributed by atoms with Crippen molar-refractivity contribution in [1.82, 2.24) is 10.6 Å². The van der Waals surface area contributed by atoms with Crippen molar-refractivity contribution in [2.45, 2.75) is 68.7 Å². The lowest BCUT2D eigenvalue weighted by Crippen LogP contribution is -2.41. The van der Waals surface area contributed by atoms with Crippen molar-refractivity contribution in [2.75, 3.05) is 0 Å². The van der Waals surface area contributed by atoms with Crippen LogP contribution in [-0.2, 0) is 0 Å². The molecule has 0 heterocycles. The summed E-state index contributed by atoms with van der Waals surface area (Å²) in [7, 11) is 0. The Kier molecular flexibility index (Phi) is 5.97. The number of hydrogen-bond acceptors (Lipinski definition) is 2. The van der Waals surface area contributed by atoms with E-state index in [0.29, 0.717) is 11.3 Å². The van der Waals surface area contributed by atoms with Crippen molar-refractivity contribution in [3.63, 3.8) is 0 Å². The average Bonchev–Trinajstić information content (AvgIpc) is 2.91. The largest absolute Gasteiger partial charge is 0.335 e. The molecule has 1 saturated carbocycles. The topological polar surface area (TPSA) is 41.1 Å². The van der Waals surface area contributed by atoms with Crippen LogP contribution in [0, 0.1) is 0 Å². The summed E-state index contributed by atoms with van der Waals surface area (Å²) < 4.78 is 0. The van der Waals surface area contributed by atoms with Crippen LogP contribution in [0.2, 0.25) is 0 Å². The van der Waals surface area contributed by atoms with Crippen LogP contribution in [0.4, 0.5) is 4.79 Å².